The van der Waals surface area contributed by atoms with Gasteiger partial charge < -0.3 is 10.2 Å². The Bertz CT molecular complexity index is 581. The van der Waals surface area contributed by atoms with Crippen molar-refractivity contribution in [1.82, 2.24) is 10.2 Å². The van der Waals surface area contributed by atoms with Crippen LogP contribution >= 0.6 is 0 Å². The molecule has 0 spiro atoms. The highest BCUT2D eigenvalue weighted by molar-refractivity contribution is 5.94. The average molecular weight is 286 g/mol. The first-order valence-corrected chi connectivity index (χ1v) is 6.83. The van der Waals surface area contributed by atoms with Crippen molar-refractivity contribution in [2.75, 3.05) is 20.6 Å². The zero-order valence-electron chi connectivity index (χ0n) is 12.2. The monoisotopic (exact) mass is 286 g/mol. The van der Waals surface area contributed by atoms with Crippen LogP contribution in [-0.4, -0.2) is 31.4 Å². The van der Waals surface area contributed by atoms with E-state index in [0.717, 1.165) is 5.56 Å². The maximum atomic E-state index is 12.9. The lowest BCUT2D eigenvalue weighted by Crippen LogP contribution is -2.34. The third kappa shape index (κ3) is 4.13. The highest BCUT2D eigenvalue weighted by atomic mass is 19.1. The second-order valence-electron chi connectivity index (χ2n) is 5.11. The Kier molecular flexibility index (Phi) is 5.06. The van der Waals surface area contributed by atoms with Crippen LogP contribution in [0.5, 0.6) is 0 Å². The van der Waals surface area contributed by atoms with Crippen LogP contribution in [0.1, 0.15) is 22.0 Å². The molecule has 0 radical (unpaired) electrons. The summed E-state index contributed by atoms with van der Waals surface area (Å²) in [5.41, 5.74) is 1.60. The number of likely N-dealkylation sites (N-methyl/N-ethyl adjacent to an activating group) is 1. The Morgan fingerprint density at radius 3 is 2.29 bits per heavy atom. The maximum Gasteiger partial charge on any atom is 0.251 e. The molecule has 4 heteroatoms. The van der Waals surface area contributed by atoms with Crippen molar-refractivity contribution < 1.29 is 9.18 Å². The van der Waals surface area contributed by atoms with Crippen LogP contribution in [0.4, 0.5) is 4.39 Å². The summed E-state index contributed by atoms with van der Waals surface area (Å²) in [5.74, 6) is -0.542. The first kappa shape index (κ1) is 15.2. The summed E-state index contributed by atoms with van der Waals surface area (Å²) in [7, 11) is 3.95. The Hall–Kier alpha value is -2.20. The second kappa shape index (κ2) is 6.99. The highest BCUT2D eigenvalue weighted by Gasteiger charge is 2.15. The van der Waals surface area contributed by atoms with Crippen molar-refractivity contribution in [2.45, 2.75) is 6.04 Å². The highest BCUT2D eigenvalue weighted by Crippen LogP contribution is 2.16. The van der Waals surface area contributed by atoms with E-state index in [1.807, 2.05) is 44.4 Å². The van der Waals surface area contributed by atoms with Crippen molar-refractivity contribution >= 4 is 5.91 Å². The average Bonchev–Trinajstić information content (AvgIpc) is 2.48. The normalized spacial score (nSPS) is 12.2. The van der Waals surface area contributed by atoms with Gasteiger partial charge in [0.2, 0.25) is 0 Å². The number of hydrogen-bond donors (Lipinski definition) is 1. The summed E-state index contributed by atoms with van der Waals surface area (Å²) in [6.45, 7) is 0.493. The number of nitrogens with one attached hydrogen (secondary N) is 1. The van der Waals surface area contributed by atoms with E-state index in [1.165, 1.54) is 24.3 Å². The van der Waals surface area contributed by atoms with Gasteiger partial charge in [0.05, 0.1) is 6.04 Å². The predicted molar refractivity (Wildman–Crippen MR) is 81.6 cm³/mol. The Morgan fingerprint density at radius 2 is 1.71 bits per heavy atom. The molecule has 0 aliphatic heterocycles. The van der Waals surface area contributed by atoms with E-state index in [9.17, 15) is 9.18 Å². The van der Waals surface area contributed by atoms with Crippen LogP contribution in [0.25, 0.3) is 0 Å². The quantitative estimate of drug-likeness (QED) is 0.916. The molecule has 110 valence electrons. The lowest BCUT2D eigenvalue weighted by molar-refractivity contribution is 0.0942. The fraction of sp³-hybridized carbons (Fsp3) is 0.235. The van der Waals surface area contributed by atoms with E-state index < -0.39 is 0 Å². The predicted octanol–water partition coefficient (Wildman–Crippen LogP) is 2.86. The van der Waals surface area contributed by atoms with E-state index in [0.29, 0.717) is 12.1 Å². The number of benzene rings is 2. The number of carbonyl (C=O) groups excluding carboxylic acids is 1. The fourth-order valence-corrected chi connectivity index (χ4v) is 2.17. The maximum absolute atomic E-state index is 12.9. The molecule has 0 heterocycles. The van der Waals surface area contributed by atoms with Gasteiger partial charge in [-0.2, -0.15) is 0 Å². The molecule has 1 amide bonds. The number of hydrogen-bond acceptors (Lipinski definition) is 2. The van der Waals surface area contributed by atoms with Gasteiger partial charge in [-0.1, -0.05) is 30.3 Å². The first-order valence-electron chi connectivity index (χ1n) is 6.83. The van der Waals surface area contributed by atoms with Crippen LogP contribution in [0.2, 0.25) is 0 Å². The second-order valence-corrected chi connectivity index (χ2v) is 5.11. The molecule has 0 aromatic heterocycles. The third-order valence-electron chi connectivity index (χ3n) is 3.37. The number of halogens is 1. The van der Waals surface area contributed by atoms with Gasteiger partial charge >= 0.3 is 0 Å². The largest absolute Gasteiger partial charge is 0.350 e. The van der Waals surface area contributed by atoms with Gasteiger partial charge in [0.15, 0.2) is 0 Å². The third-order valence-corrected chi connectivity index (χ3v) is 3.37. The van der Waals surface area contributed by atoms with Crippen molar-refractivity contribution in [1.29, 1.82) is 0 Å². The van der Waals surface area contributed by atoms with Gasteiger partial charge in [-0.25, -0.2) is 4.39 Å². The molecule has 2 aromatic carbocycles. The van der Waals surface area contributed by atoms with Gasteiger partial charge in [0.1, 0.15) is 5.82 Å². The number of rotatable bonds is 5. The molecule has 0 saturated heterocycles. The lowest BCUT2D eigenvalue weighted by atomic mass is 10.1. The Morgan fingerprint density at radius 1 is 1.10 bits per heavy atom. The van der Waals surface area contributed by atoms with Gasteiger partial charge in [-0.3, -0.25) is 4.79 Å². The molecule has 21 heavy (non-hydrogen) atoms. The van der Waals surface area contributed by atoms with E-state index in [-0.39, 0.29) is 17.8 Å². The molecular formula is C17H19FN2O. The molecule has 0 aliphatic rings. The van der Waals surface area contributed by atoms with E-state index in [4.69, 9.17) is 0 Å². The summed E-state index contributed by atoms with van der Waals surface area (Å²) in [4.78, 5) is 14.1. The van der Waals surface area contributed by atoms with E-state index >= 15 is 0 Å². The van der Waals surface area contributed by atoms with Crippen LogP contribution in [0.3, 0.4) is 0 Å². The Labute approximate surface area is 124 Å². The number of carbonyl (C=O) groups is 1. The van der Waals surface area contributed by atoms with E-state index in [2.05, 4.69) is 10.2 Å². The summed E-state index contributed by atoms with van der Waals surface area (Å²) in [5, 5.41) is 2.90. The molecule has 1 N–H and O–H groups in total. The van der Waals surface area contributed by atoms with Gasteiger partial charge in [0.25, 0.3) is 5.91 Å². The number of amides is 1. The molecule has 2 rings (SSSR count). The van der Waals surface area contributed by atoms with E-state index in [1.54, 1.807) is 0 Å². The van der Waals surface area contributed by atoms with Crippen molar-refractivity contribution in [3.05, 3.63) is 71.5 Å². The van der Waals surface area contributed by atoms with Crippen molar-refractivity contribution in [3.8, 4) is 0 Å². The molecular weight excluding hydrogens is 267 g/mol. The molecule has 0 aliphatic carbocycles. The minimum Gasteiger partial charge on any atom is -0.350 e. The van der Waals surface area contributed by atoms with Crippen molar-refractivity contribution in [3.63, 3.8) is 0 Å². The Balaban J connectivity index is 2.02. The molecule has 0 saturated carbocycles. The SMILES string of the molecule is CN(C)[C@@H](CNC(=O)c1ccc(F)cc1)c1ccccc1. The van der Waals surface area contributed by atoms with Crippen LogP contribution < -0.4 is 5.32 Å². The minimum atomic E-state index is -0.345. The summed E-state index contributed by atoms with van der Waals surface area (Å²) < 4.78 is 12.9. The van der Waals surface area contributed by atoms with Crippen LogP contribution in [0.15, 0.2) is 54.6 Å². The van der Waals surface area contributed by atoms with Crippen molar-refractivity contribution in [2.24, 2.45) is 0 Å². The molecule has 0 fully saturated rings. The summed E-state index contributed by atoms with van der Waals surface area (Å²) in [6, 6.07) is 15.6. The lowest BCUT2D eigenvalue weighted by Gasteiger charge is -2.25. The summed E-state index contributed by atoms with van der Waals surface area (Å²) in [6.07, 6.45) is 0. The zero-order chi connectivity index (χ0) is 15.2. The number of nitrogens with zero attached hydrogens (tertiary/aromatic N) is 1. The molecule has 0 bridgehead atoms. The molecule has 0 unspecified atom stereocenters. The van der Waals surface area contributed by atoms with Gasteiger partial charge in [0, 0.05) is 12.1 Å². The minimum absolute atomic E-state index is 0.0931. The zero-order valence-corrected chi connectivity index (χ0v) is 12.2. The molecule has 3 nitrogen and oxygen atoms in total. The summed E-state index contributed by atoms with van der Waals surface area (Å²) >= 11 is 0. The van der Waals surface area contributed by atoms with Gasteiger partial charge in [-0.05, 0) is 43.9 Å². The first-order chi connectivity index (χ1) is 10.1. The fourth-order valence-electron chi connectivity index (χ4n) is 2.17. The van der Waals surface area contributed by atoms with Gasteiger partial charge in [-0.15, -0.1) is 0 Å². The topological polar surface area (TPSA) is 32.3 Å². The molecule has 1 atom stereocenters. The smallest absolute Gasteiger partial charge is 0.251 e. The standard InChI is InChI=1S/C17H19FN2O/c1-20(2)16(13-6-4-3-5-7-13)12-19-17(21)14-8-10-15(18)11-9-14/h3-11,16H,12H2,1-2H3,(H,19,21)/t16-/m0/s1. The van der Waals surface area contributed by atoms with Crippen LogP contribution in [0, 0.1) is 5.82 Å². The van der Waals surface area contributed by atoms with Crippen LogP contribution in [-0.2, 0) is 0 Å². The molecule has 2 aromatic rings.